The van der Waals surface area contributed by atoms with Crippen LogP contribution in [0.15, 0.2) is 60.8 Å². The van der Waals surface area contributed by atoms with Gasteiger partial charge in [-0.3, -0.25) is 9.59 Å². The van der Waals surface area contributed by atoms with Crippen LogP contribution in [0.25, 0.3) is 0 Å². The summed E-state index contributed by atoms with van der Waals surface area (Å²) in [6, 6.07) is -0.855. The smallest absolute Gasteiger partial charge is 0.305 e. The molecule has 11 heteroatoms. The van der Waals surface area contributed by atoms with Gasteiger partial charge in [0.05, 0.1) is 32.0 Å². The van der Waals surface area contributed by atoms with E-state index in [1.54, 1.807) is 6.08 Å². The average molecular weight is 834 g/mol. The molecule has 0 aromatic heterocycles. The first-order valence-electron chi connectivity index (χ1n) is 23.0. The summed E-state index contributed by atoms with van der Waals surface area (Å²) in [5, 5.41) is 53.9. The van der Waals surface area contributed by atoms with Crippen LogP contribution < -0.4 is 5.32 Å². The van der Waals surface area contributed by atoms with Crippen LogP contribution in [0, 0.1) is 0 Å². The highest BCUT2D eigenvalue weighted by molar-refractivity contribution is 5.76. The number of hydrogen-bond donors (Lipinski definition) is 6. The van der Waals surface area contributed by atoms with E-state index in [0.717, 1.165) is 83.5 Å². The number of nitrogens with one attached hydrogen (secondary N) is 1. The molecule has 0 aromatic carbocycles. The number of ether oxygens (including phenoxy) is 3. The first-order valence-corrected chi connectivity index (χ1v) is 23.0. The number of rotatable bonds is 37. The van der Waals surface area contributed by atoms with Crippen molar-refractivity contribution in [1.29, 1.82) is 0 Å². The molecule has 59 heavy (non-hydrogen) atoms. The van der Waals surface area contributed by atoms with Crippen LogP contribution in [-0.2, 0) is 23.8 Å². The van der Waals surface area contributed by atoms with Crippen LogP contribution in [0.1, 0.15) is 168 Å². The molecule has 6 N–H and O–H groups in total. The number of carbonyl (C=O) groups excluding carboxylic acids is 2. The molecule has 1 saturated heterocycles. The standard InChI is InChI=1S/C48H83NO10/c1-3-5-7-9-11-13-15-20-24-28-32-36-44(53)57-37-33-29-25-21-17-14-16-19-23-27-31-35-43(52)49-40(41(51)34-30-26-22-18-12-10-8-6-4-2)39-58-48-47(56)46(55)45(54)42(38-50)59-48/h4,6,9,11-12,17-18,21,30,34,40-42,45-48,50-51,54-56H,3,5,7-8,10,13-16,19-20,22-29,31-33,35-39H2,1-2H3,(H,49,52)/b6-4+,11-9-,18-12+,21-17-,34-30+. The van der Waals surface area contributed by atoms with E-state index in [1.807, 2.05) is 19.1 Å². The molecule has 0 aromatic rings. The summed E-state index contributed by atoms with van der Waals surface area (Å²) in [5.74, 6) is -0.305. The Morgan fingerprint density at radius 2 is 1.17 bits per heavy atom. The van der Waals surface area contributed by atoms with Crippen molar-refractivity contribution < 1.29 is 49.3 Å². The predicted octanol–water partition coefficient (Wildman–Crippen LogP) is 8.38. The van der Waals surface area contributed by atoms with Gasteiger partial charge in [-0.2, -0.15) is 0 Å². The maximum Gasteiger partial charge on any atom is 0.305 e. The van der Waals surface area contributed by atoms with Crippen LogP contribution in [0.4, 0.5) is 0 Å². The molecule has 0 saturated carbocycles. The normalized spacial score (nSPS) is 21.1. The predicted molar refractivity (Wildman–Crippen MR) is 236 cm³/mol. The molecule has 1 amide bonds. The Bertz CT molecular complexity index is 1170. The zero-order valence-electron chi connectivity index (χ0n) is 36.7. The third-order valence-electron chi connectivity index (χ3n) is 10.4. The maximum atomic E-state index is 12.9. The Hall–Kier alpha value is -2.64. The van der Waals surface area contributed by atoms with Crippen molar-refractivity contribution in [2.75, 3.05) is 19.8 Å². The highest BCUT2D eigenvalue weighted by atomic mass is 16.7. The van der Waals surface area contributed by atoms with Gasteiger partial charge in [0.1, 0.15) is 24.4 Å². The lowest BCUT2D eigenvalue weighted by molar-refractivity contribution is -0.302. The molecule has 1 aliphatic heterocycles. The zero-order chi connectivity index (χ0) is 43.2. The van der Waals surface area contributed by atoms with E-state index in [4.69, 9.17) is 14.2 Å². The Morgan fingerprint density at radius 3 is 1.78 bits per heavy atom. The minimum atomic E-state index is -1.59. The van der Waals surface area contributed by atoms with Crippen molar-refractivity contribution in [2.24, 2.45) is 0 Å². The van der Waals surface area contributed by atoms with Gasteiger partial charge in [0.15, 0.2) is 6.29 Å². The monoisotopic (exact) mass is 834 g/mol. The number of unbranched alkanes of at least 4 members (excludes halogenated alkanes) is 16. The van der Waals surface area contributed by atoms with E-state index >= 15 is 0 Å². The number of allylic oxidation sites excluding steroid dienone is 9. The minimum Gasteiger partial charge on any atom is -0.466 e. The van der Waals surface area contributed by atoms with Crippen LogP contribution in [0.5, 0.6) is 0 Å². The summed E-state index contributed by atoms with van der Waals surface area (Å²) in [7, 11) is 0. The number of aliphatic hydroxyl groups is 5. The Morgan fingerprint density at radius 1 is 0.644 bits per heavy atom. The summed E-state index contributed by atoms with van der Waals surface area (Å²) >= 11 is 0. The lowest BCUT2D eigenvalue weighted by Gasteiger charge is -2.40. The van der Waals surface area contributed by atoms with Crippen molar-refractivity contribution in [2.45, 2.75) is 211 Å². The van der Waals surface area contributed by atoms with Gasteiger partial charge in [0.2, 0.25) is 5.91 Å². The largest absolute Gasteiger partial charge is 0.466 e. The molecule has 1 fully saturated rings. The minimum absolute atomic E-state index is 0.0726. The van der Waals surface area contributed by atoms with Crippen LogP contribution >= 0.6 is 0 Å². The van der Waals surface area contributed by atoms with Crippen molar-refractivity contribution in [3.63, 3.8) is 0 Å². The van der Waals surface area contributed by atoms with Gasteiger partial charge in [0, 0.05) is 12.8 Å². The summed E-state index contributed by atoms with van der Waals surface area (Å²) < 4.78 is 16.5. The maximum absolute atomic E-state index is 12.9. The topological polar surface area (TPSA) is 175 Å². The lowest BCUT2D eigenvalue weighted by Crippen LogP contribution is -2.60. The molecule has 0 aliphatic carbocycles. The van der Waals surface area contributed by atoms with Gasteiger partial charge in [-0.15, -0.1) is 0 Å². The first-order chi connectivity index (χ1) is 28.7. The van der Waals surface area contributed by atoms with Gasteiger partial charge in [-0.05, 0) is 96.8 Å². The fourth-order valence-electron chi connectivity index (χ4n) is 6.62. The molecule has 1 heterocycles. The van der Waals surface area contributed by atoms with Gasteiger partial charge in [-0.1, -0.05) is 119 Å². The molecular formula is C48H83NO10. The third-order valence-corrected chi connectivity index (χ3v) is 10.4. The number of amides is 1. The molecule has 340 valence electrons. The van der Waals surface area contributed by atoms with E-state index in [9.17, 15) is 35.1 Å². The summed E-state index contributed by atoms with van der Waals surface area (Å²) in [6.07, 6.45) is 36.1. The second-order valence-electron chi connectivity index (χ2n) is 15.7. The van der Waals surface area contributed by atoms with Gasteiger partial charge in [-0.25, -0.2) is 0 Å². The Balaban J connectivity index is 2.24. The van der Waals surface area contributed by atoms with E-state index in [2.05, 4.69) is 54.8 Å². The number of aliphatic hydroxyl groups excluding tert-OH is 5. The second-order valence-corrected chi connectivity index (χ2v) is 15.7. The Kier molecular flexibility index (Phi) is 35.3. The molecule has 7 unspecified atom stereocenters. The number of hydrogen-bond acceptors (Lipinski definition) is 10. The highest BCUT2D eigenvalue weighted by Crippen LogP contribution is 2.22. The van der Waals surface area contributed by atoms with E-state index in [1.165, 1.54) is 44.9 Å². The third kappa shape index (κ3) is 29.3. The summed E-state index contributed by atoms with van der Waals surface area (Å²) in [4.78, 5) is 24.9. The van der Waals surface area contributed by atoms with E-state index < -0.39 is 49.5 Å². The number of esters is 1. The molecule has 11 nitrogen and oxygen atoms in total. The number of carbonyl (C=O) groups is 2. The van der Waals surface area contributed by atoms with Crippen LogP contribution in [0.2, 0.25) is 0 Å². The van der Waals surface area contributed by atoms with Crippen LogP contribution in [0.3, 0.4) is 0 Å². The fourth-order valence-corrected chi connectivity index (χ4v) is 6.62. The quantitative estimate of drug-likeness (QED) is 0.0203. The first kappa shape index (κ1) is 54.4. The summed E-state index contributed by atoms with van der Waals surface area (Å²) in [5.41, 5.74) is 0. The van der Waals surface area contributed by atoms with E-state index in [-0.39, 0.29) is 24.9 Å². The highest BCUT2D eigenvalue weighted by Gasteiger charge is 2.44. The van der Waals surface area contributed by atoms with Crippen molar-refractivity contribution in [1.82, 2.24) is 5.32 Å². The molecular weight excluding hydrogens is 751 g/mol. The average Bonchev–Trinajstić information content (AvgIpc) is 3.23. The zero-order valence-corrected chi connectivity index (χ0v) is 36.7. The molecule has 0 spiro atoms. The van der Waals surface area contributed by atoms with Gasteiger partial charge >= 0.3 is 5.97 Å². The van der Waals surface area contributed by atoms with Crippen molar-refractivity contribution in [3.8, 4) is 0 Å². The van der Waals surface area contributed by atoms with Crippen LogP contribution in [-0.4, -0.2) is 100 Å². The fraction of sp³-hybridized carbons (Fsp3) is 0.750. The van der Waals surface area contributed by atoms with Gasteiger partial charge in [0.25, 0.3) is 0 Å². The van der Waals surface area contributed by atoms with Gasteiger partial charge < -0.3 is 45.1 Å². The Labute approximate surface area is 357 Å². The SMILES string of the molecule is C/C=C/CC/C=C/CC/C=C/C(O)C(COC1OC(CO)C(O)C(O)C1O)NC(=O)CCCCCCC/C=C\CCCCOC(=O)CCCCCCC/C=C\CCCC. The molecule has 1 aliphatic rings. The summed E-state index contributed by atoms with van der Waals surface area (Å²) in [6.45, 7) is 3.90. The van der Waals surface area contributed by atoms with E-state index in [0.29, 0.717) is 25.9 Å². The molecule has 7 atom stereocenters. The van der Waals surface area contributed by atoms with Crippen molar-refractivity contribution in [3.05, 3.63) is 60.8 Å². The molecule has 0 bridgehead atoms. The van der Waals surface area contributed by atoms with Crippen molar-refractivity contribution >= 4 is 11.9 Å². The molecule has 1 rings (SSSR count). The lowest BCUT2D eigenvalue weighted by atomic mass is 9.99. The second kappa shape index (κ2) is 38.3. The molecule has 0 radical (unpaired) electrons.